The molecule has 0 unspecified atom stereocenters. The number of imidazole rings is 1. The lowest BCUT2D eigenvalue weighted by Gasteiger charge is -2.36. The largest absolute Gasteiger partial charge is 0.504 e. The van der Waals surface area contributed by atoms with Gasteiger partial charge in [0.15, 0.2) is 17.3 Å². The van der Waals surface area contributed by atoms with E-state index >= 15 is 0 Å². The zero-order valence-electron chi connectivity index (χ0n) is 27.5. The van der Waals surface area contributed by atoms with Gasteiger partial charge in [-0.2, -0.15) is 22.7 Å². The number of aryl methyl sites for hydroxylation is 1. The van der Waals surface area contributed by atoms with Gasteiger partial charge in [-0.25, -0.2) is 19.9 Å². The first-order valence-corrected chi connectivity index (χ1v) is 16.2. The Labute approximate surface area is 296 Å². The Kier molecular flexibility index (Phi) is 8.73. The number of nitrogens with zero attached hydrogens (tertiary/aromatic N) is 11. The maximum atomic E-state index is 14.3. The number of piperazine rings is 1. The van der Waals surface area contributed by atoms with Crippen LogP contribution in [-0.2, 0) is 23.9 Å². The van der Waals surface area contributed by atoms with E-state index in [9.17, 15) is 32.7 Å². The molecule has 0 bridgehead atoms. The second kappa shape index (κ2) is 13.2. The maximum absolute atomic E-state index is 14.3. The molecule has 0 radical (unpaired) electrons. The van der Waals surface area contributed by atoms with Gasteiger partial charge in [0.2, 0.25) is 17.5 Å². The SMILES string of the molecule is CCc1c(N2CCN(C(=O)c3ncnc(C)c3O)CC2)c(=O)n2nc(-c3cnc4nccn4c3)nc2n1CC(=O)Nc1ccc(C(F)(F)F)cc1Cl. The maximum Gasteiger partial charge on any atom is 0.416 e. The number of hydrogen-bond acceptors (Lipinski definition) is 11. The summed E-state index contributed by atoms with van der Waals surface area (Å²) in [4.78, 5) is 65.3. The molecule has 2 amide bonds. The molecule has 0 spiro atoms. The van der Waals surface area contributed by atoms with Crippen molar-refractivity contribution in [3.8, 4) is 17.1 Å². The molecule has 20 heteroatoms. The quantitative estimate of drug-likeness (QED) is 0.246. The number of amides is 2. The van der Waals surface area contributed by atoms with E-state index in [1.165, 1.54) is 22.0 Å². The van der Waals surface area contributed by atoms with Crippen molar-refractivity contribution < 1.29 is 27.9 Å². The lowest BCUT2D eigenvalue weighted by molar-refractivity contribution is -0.137. The first-order chi connectivity index (χ1) is 24.8. The van der Waals surface area contributed by atoms with Crippen LogP contribution in [0.4, 0.5) is 24.5 Å². The van der Waals surface area contributed by atoms with Gasteiger partial charge in [0.05, 0.1) is 33.2 Å². The fraction of sp³-hybridized carbons (Fsp3) is 0.281. The molecule has 1 aliphatic rings. The van der Waals surface area contributed by atoms with Crippen molar-refractivity contribution in [3.05, 3.63) is 87.3 Å². The monoisotopic (exact) mass is 736 g/mol. The topological polar surface area (TPSA) is 181 Å². The minimum Gasteiger partial charge on any atom is -0.504 e. The normalized spacial score (nSPS) is 13.7. The summed E-state index contributed by atoms with van der Waals surface area (Å²) in [5, 5.41) is 17.1. The molecule has 6 heterocycles. The summed E-state index contributed by atoms with van der Waals surface area (Å²) in [5.41, 5.74) is -0.291. The molecule has 5 aromatic heterocycles. The van der Waals surface area contributed by atoms with Gasteiger partial charge < -0.3 is 24.8 Å². The second-order valence-electron chi connectivity index (χ2n) is 11.8. The van der Waals surface area contributed by atoms with Crippen molar-refractivity contribution in [2.24, 2.45) is 0 Å². The lowest BCUT2D eigenvalue weighted by Crippen LogP contribution is -2.51. The van der Waals surface area contributed by atoms with Crippen LogP contribution in [0, 0.1) is 6.92 Å². The van der Waals surface area contributed by atoms with Crippen LogP contribution in [0.3, 0.4) is 0 Å². The van der Waals surface area contributed by atoms with Crippen molar-refractivity contribution >= 4 is 46.3 Å². The van der Waals surface area contributed by atoms with Crippen LogP contribution >= 0.6 is 11.6 Å². The third-order valence-electron chi connectivity index (χ3n) is 8.63. The molecule has 268 valence electrons. The van der Waals surface area contributed by atoms with Gasteiger partial charge in [-0.05, 0) is 31.5 Å². The van der Waals surface area contributed by atoms with Crippen LogP contribution in [-0.4, -0.2) is 91.5 Å². The van der Waals surface area contributed by atoms with E-state index in [1.54, 1.807) is 41.7 Å². The first kappa shape index (κ1) is 34.3. The van der Waals surface area contributed by atoms with E-state index in [0.717, 1.165) is 22.7 Å². The summed E-state index contributed by atoms with van der Waals surface area (Å²) in [7, 11) is 0. The van der Waals surface area contributed by atoms with Crippen LogP contribution in [0.5, 0.6) is 5.75 Å². The Morgan fingerprint density at radius 3 is 2.56 bits per heavy atom. The molecule has 0 saturated carbocycles. The van der Waals surface area contributed by atoms with Gasteiger partial charge in [0, 0.05) is 51.0 Å². The predicted octanol–water partition coefficient (Wildman–Crippen LogP) is 3.24. The Morgan fingerprint density at radius 1 is 1.08 bits per heavy atom. The minimum absolute atomic E-state index is 0.0309. The molecule has 1 fully saturated rings. The van der Waals surface area contributed by atoms with E-state index in [1.807, 2.05) is 0 Å². The highest BCUT2D eigenvalue weighted by atomic mass is 35.5. The fourth-order valence-corrected chi connectivity index (χ4v) is 6.24. The van der Waals surface area contributed by atoms with Gasteiger partial charge in [0.25, 0.3) is 11.5 Å². The number of aromatic hydroxyl groups is 1. The van der Waals surface area contributed by atoms with Gasteiger partial charge in [0.1, 0.15) is 18.6 Å². The number of anilines is 2. The molecule has 0 atom stereocenters. The molecule has 0 aliphatic carbocycles. The standard InChI is InChI=1S/C32H28ClF3N12O4/c1-3-22-25(44-8-10-45(11-9-44)28(51)24-26(50)17(2)39-16-40-24)29(52)48-31(42-27(43-48)18-13-38-30-37-6-7-46(30)14-18)47(22)15-23(49)41-21-5-4-19(12-20(21)33)32(34,35)36/h4-7,12-14,16,50H,3,8-11,15H2,1-2H3,(H,41,49). The summed E-state index contributed by atoms with van der Waals surface area (Å²) >= 11 is 6.12. The Morgan fingerprint density at radius 2 is 1.85 bits per heavy atom. The second-order valence-corrected chi connectivity index (χ2v) is 12.2. The molecule has 2 N–H and O–H groups in total. The summed E-state index contributed by atoms with van der Waals surface area (Å²) in [6, 6.07) is 2.59. The molecule has 16 nitrogen and oxygen atoms in total. The van der Waals surface area contributed by atoms with Crippen LogP contribution in [0.1, 0.15) is 34.4 Å². The van der Waals surface area contributed by atoms with Crippen molar-refractivity contribution in [1.29, 1.82) is 0 Å². The van der Waals surface area contributed by atoms with Crippen LogP contribution in [0.15, 0.2) is 54.1 Å². The summed E-state index contributed by atoms with van der Waals surface area (Å²) in [6.45, 7) is 3.70. The number of carbonyl (C=O) groups is 2. The average Bonchev–Trinajstić information content (AvgIpc) is 3.79. The fourth-order valence-electron chi connectivity index (χ4n) is 6.02. The first-order valence-electron chi connectivity index (χ1n) is 15.9. The number of carbonyl (C=O) groups excluding carboxylic acids is 2. The van der Waals surface area contributed by atoms with E-state index in [0.29, 0.717) is 17.0 Å². The van der Waals surface area contributed by atoms with Crippen LogP contribution < -0.4 is 15.8 Å². The van der Waals surface area contributed by atoms with Crippen LogP contribution in [0.25, 0.3) is 22.9 Å². The predicted molar refractivity (Wildman–Crippen MR) is 180 cm³/mol. The molecule has 1 aliphatic heterocycles. The Bertz CT molecular complexity index is 2440. The van der Waals surface area contributed by atoms with Crippen molar-refractivity contribution in [1.82, 2.24) is 48.4 Å². The van der Waals surface area contributed by atoms with Crippen LogP contribution in [0.2, 0.25) is 5.02 Å². The minimum atomic E-state index is -4.63. The van der Waals surface area contributed by atoms with Gasteiger partial charge in [-0.15, -0.1) is 5.10 Å². The number of alkyl halides is 3. The Hall–Kier alpha value is -6.11. The Balaban J connectivity index is 1.26. The number of benzene rings is 1. The zero-order chi connectivity index (χ0) is 36.9. The smallest absolute Gasteiger partial charge is 0.416 e. The highest BCUT2D eigenvalue weighted by Crippen LogP contribution is 2.34. The number of hydrogen-bond donors (Lipinski definition) is 2. The number of nitrogens with one attached hydrogen (secondary N) is 1. The number of halogens is 4. The van der Waals surface area contributed by atoms with Crippen molar-refractivity contribution in [2.45, 2.75) is 33.0 Å². The average molecular weight is 737 g/mol. The summed E-state index contributed by atoms with van der Waals surface area (Å²) < 4.78 is 43.9. The third-order valence-corrected chi connectivity index (χ3v) is 8.94. The third kappa shape index (κ3) is 6.22. The van der Waals surface area contributed by atoms with Crippen molar-refractivity contribution in [3.63, 3.8) is 0 Å². The van der Waals surface area contributed by atoms with Gasteiger partial charge in [-0.3, -0.25) is 18.8 Å². The zero-order valence-corrected chi connectivity index (χ0v) is 28.2. The summed E-state index contributed by atoms with van der Waals surface area (Å²) in [6.07, 6.45) is 3.27. The molecular weight excluding hydrogens is 709 g/mol. The molecule has 7 rings (SSSR count). The number of rotatable bonds is 7. The molecule has 6 aromatic rings. The van der Waals surface area contributed by atoms with E-state index in [4.69, 9.17) is 11.6 Å². The number of fused-ring (bicyclic) bond motifs is 2. The van der Waals surface area contributed by atoms with E-state index in [-0.39, 0.29) is 77.7 Å². The summed E-state index contributed by atoms with van der Waals surface area (Å²) in [5.74, 6) is -0.859. The molecule has 1 aromatic carbocycles. The van der Waals surface area contributed by atoms with Gasteiger partial charge in [-0.1, -0.05) is 18.5 Å². The molecule has 52 heavy (non-hydrogen) atoms. The van der Waals surface area contributed by atoms with E-state index in [2.05, 4.69) is 35.3 Å². The molecular formula is C32H28ClF3N12O4. The molecule has 1 saturated heterocycles. The van der Waals surface area contributed by atoms with E-state index < -0.39 is 35.7 Å². The van der Waals surface area contributed by atoms with Gasteiger partial charge >= 0.3 is 6.18 Å². The lowest BCUT2D eigenvalue weighted by atomic mass is 10.2. The highest BCUT2D eigenvalue weighted by Gasteiger charge is 2.32. The highest BCUT2D eigenvalue weighted by molar-refractivity contribution is 6.33. The number of aromatic nitrogens is 9. The van der Waals surface area contributed by atoms with Crippen molar-refractivity contribution in [2.75, 3.05) is 36.4 Å².